The van der Waals surface area contributed by atoms with E-state index in [1.54, 1.807) is 0 Å². The minimum absolute atomic E-state index is 0.307. The minimum atomic E-state index is 0.307. The zero-order valence-corrected chi connectivity index (χ0v) is 13.3. The van der Waals surface area contributed by atoms with Crippen molar-refractivity contribution < 1.29 is 4.74 Å². The Morgan fingerprint density at radius 2 is 2.05 bits per heavy atom. The summed E-state index contributed by atoms with van der Waals surface area (Å²) in [5.41, 5.74) is 1.43. The largest absolute Gasteiger partial charge is 0.380 e. The first-order valence-electron chi connectivity index (χ1n) is 8.30. The van der Waals surface area contributed by atoms with Gasteiger partial charge in [0, 0.05) is 38.8 Å². The Kier molecular flexibility index (Phi) is 4.94. The predicted octanol–water partition coefficient (Wildman–Crippen LogP) is 2.32. The average molecular weight is 288 g/mol. The van der Waals surface area contributed by atoms with Crippen molar-refractivity contribution in [3.63, 3.8) is 0 Å². The summed E-state index contributed by atoms with van der Waals surface area (Å²) in [4.78, 5) is 2.65. The number of hydrogen-bond donors (Lipinski definition) is 1. The van der Waals surface area contributed by atoms with Gasteiger partial charge in [0.25, 0.3) is 0 Å². The average Bonchev–Trinajstić information content (AvgIpc) is 3.34. The molecule has 0 radical (unpaired) electrons. The van der Waals surface area contributed by atoms with Gasteiger partial charge in [0.2, 0.25) is 0 Å². The molecule has 1 aromatic rings. The molecule has 1 saturated heterocycles. The topological polar surface area (TPSA) is 24.5 Å². The van der Waals surface area contributed by atoms with Gasteiger partial charge in [-0.15, -0.1) is 0 Å². The molecule has 21 heavy (non-hydrogen) atoms. The van der Waals surface area contributed by atoms with Gasteiger partial charge in [-0.3, -0.25) is 4.90 Å². The van der Waals surface area contributed by atoms with Crippen LogP contribution in [0.3, 0.4) is 0 Å². The highest BCUT2D eigenvalue weighted by atomic mass is 16.5. The van der Waals surface area contributed by atoms with Crippen molar-refractivity contribution in [2.24, 2.45) is 5.92 Å². The third kappa shape index (κ3) is 4.06. The number of benzene rings is 1. The summed E-state index contributed by atoms with van der Waals surface area (Å²) in [5.74, 6) is 0.919. The van der Waals surface area contributed by atoms with Gasteiger partial charge < -0.3 is 10.1 Å². The van der Waals surface area contributed by atoms with Gasteiger partial charge in [0.15, 0.2) is 0 Å². The molecule has 3 rings (SSSR count). The minimum Gasteiger partial charge on any atom is -0.380 e. The highest BCUT2D eigenvalue weighted by Crippen LogP contribution is 2.34. The van der Waals surface area contributed by atoms with Crippen molar-refractivity contribution in [2.45, 2.75) is 44.4 Å². The van der Waals surface area contributed by atoms with Crippen molar-refractivity contribution in [3.05, 3.63) is 35.9 Å². The molecule has 2 aliphatic rings. The fraction of sp³-hybridized carbons (Fsp3) is 0.667. The van der Waals surface area contributed by atoms with Crippen molar-refractivity contribution in [1.82, 2.24) is 10.2 Å². The van der Waals surface area contributed by atoms with Crippen LogP contribution in [0.25, 0.3) is 0 Å². The number of methoxy groups -OCH3 is 1. The lowest BCUT2D eigenvalue weighted by Crippen LogP contribution is -2.59. The zero-order valence-electron chi connectivity index (χ0n) is 13.3. The van der Waals surface area contributed by atoms with Crippen LogP contribution in [-0.2, 0) is 11.2 Å². The third-order valence-corrected chi connectivity index (χ3v) is 4.96. The van der Waals surface area contributed by atoms with E-state index in [9.17, 15) is 0 Å². The van der Waals surface area contributed by atoms with Gasteiger partial charge in [0.1, 0.15) is 0 Å². The summed E-state index contributed by atoms with van der Waals surface area (Å²) in [5, 5.41) is 3.79. The molecular weight excluding hydrogens is 260 g/mol. The Hall–Kier alpha value is -0.900. The van der Waals surface area contributed by atoms with Crippen molar-refractivity contribution >= 4 is 0 Å². The molecule has 3 heteroatoms. The maximum atomic E-state index is 5.50. The van der Waals surface area contributed by atoms with Crippen LogP contribution in [0.5, 0.6) is 0 Å². The SMILES string of the molecule is COC(C)CN1CC(C2CC2)NCC1Cc1ccccc1. The van der Waals surface area contributed by atoms with Crippen molar-refractivity contribution in [3.8, 4) is 0 Å². The maximum absolute atomic E-state index is 5.50. The Balaban J connectivity index is 1.64. The van der Waals surface area contributed by atoms with Crippen molar-refractivity contribution in [1.29, 1.82) is 0 Å². The normalized spacial score (nSPS) is 28.5. The lowest BCUT2D eigenvalue weighted by Gasteiger charge is -2.41. The molecule has 1 saturated carbocycles. The molecule has 0 aromatic heterocycles. The molecule has 1 aliphatic heterocycles. The van der Waals surface area contributed by atoms with Gasteiger partial charge in [-0.05, 0) is 37.7 Å². The highest BCUT2D eigenvalue weighted by molar-refractivity contribution is 5.16. The predicted molar refractivity (Wildman–Crippen MR) is 86.5 cm³/mol. The summed E-state index contributed by atoms with van der Waals surface area (Å²) in [6, 6.07) is 12.1. The second-order valence-corrected chi connectivity index (χ2v) is 6.70. The van der Waals surface area contributed by atoms with E-state index < -0.39 is 0 Å². The molecule has 0 amide bonds. The zero-order chi connectivity index (χ0) is 14.7. The molecule has 2 fully saturated rings. The molecule has 3 unspecified atom stereocenters. The number of piperazine rings is 1. The molecular formula is C18H28N2O. The van der Waals surface area contributed by atoms with Gasteiger partial charge in [-0.1, -0.05) is 30.3 Å². The molecule has 1 N–H and O–H groups in total. The van der Waals surface area contributed by atoms with E-state index in [2.05, 4.69) is 47.5 Å². The van der Waals surface area contributed by atoms with E-state index in [1.165, 1.54) is 24.9 Å². The Bertz CT molecular complexity index is 432. The molecule has 0 spiro atoms. The quantitative estimate of drug-likeness (QED) is 0.869. The number of ether oxygens (including phenoxy) is 1. The van der Waals surface area contributed by atoms with E-state index >= 15 is 0 Å². The van der Waals surface area contributed by atoms with Gasteiger partial charge in [-0.25, -0.2) is 0 Å². The third-order valence-electron chi connectivity index (χ3n) is 4.96. The van der Waals surface area contributed by atoms with Crippen LogP contribution in [0.1, 0.15) is 25.3 Å². The molecule has 1 aromatic carbocycles. The second kappa shape index (κ2) is 6.91. The van der Waals surface area contributed by atoms with E-state index in [1.807, 2.05) is 7.11 Å². The van der Waals surface area contributed by atoms with Crippen LogP contribution in [0.2, 0.25) is 0 Å². The highest BCUT2D eigenvalue weighted by Gasteiger charge is 2.37. The van der Waals surface area contributed by atoms with Crippen LogP contribution in [0, 0.1) is 5.92 Å². The van der Waals surface area contributed by atoms with Crippen LogP contribution >= 0.6 is 0 Å². The molecule has 3 atom stereocenters. The standard InChI is InChI=1S/C18H28N2O/c1-14(21-2)12-20-13-18(16-8-9-16)19-11-17(20)10-15-6-4-3-5-7-15/h3-7,14,16-19H,8-13H2,1-2H3. The van der Waals surface area contributed by atoms with E-state index in [-0.39, 0.29) is 0 Å². The van der Waals surface area contributed by atoms with Gasteiger partial charge >= 0.3 is 0 Å². The maximum Gasteiger partial charge on any atom is 0.0670 e. The van der Waals surface area contributed by atoms with E-state index in [0.717, 1.165) is 25.4 Å². The first-order valence-corrected chi connectivity index (χ1v) is 8.30. The number of rotatable bonds is 6. The monoisotopic (exact) mass is 288 g/mol. The van der Waals surface area contributed by atoms with E-state index in [0.29, 0.717) is 18.2 Å². The van der Waals surface area contributed by atoms with Crippen molar-refractivity contribution in [2.75, 3.05) is 26.7 Å². The lowest BCUT2D eigenvalue weighted by molar-refractivity contribution is 0.0386. The van der Waals surface area contributed by atoms with Crippen LogP contribution in [0.15, 0.2) is 30.3 Å². The first kappa shape index (κ1) is 15.0. The van der Waals surface area contributed by atoms with Crippen LogP contribution in [-0.4, -0.2) is 49.8 Å². The summed E-state index contributed by atoms with van der Waals surface area (Å²) < 4.78 is 5.50. The van der Waals surface area contributed by atoms with Gasteiger partial charge in [0.05, 0.1) is 6.10 Å². The summed E-state index contributed by atoms with van der Waals surface area (Å²) in [7, 11) is 1.82. The second-order valence-electron chi connectivity index (χ2n) is 6.70. The Morgan fingerprint density at radius 3 is 2.71 bits per heavy atom. The number of hydrogen-bond acceptors (Lipinski definition) is 3. The summed E-state index contributed by atoms with van der Waals surface area (Å²) in [6.07, 6.45) is 4.26. The number of nitrogens with one attached hydrogen (secondary N) is 1. The first-order chi connectivity index (χ1) is 10.3. The molecule has 0 bridgehead atoms. The van der Waals surface area contributed by atoms with E-state index in [4.69, 9.17) is 4.74 Å². The Morgan fingerprint density at radius 1 is 1.29 bits per heavy atom. The fourth-order valence-electron chi connectivity index (χ4n) is 3.41. The smallest absolute Gasteiger partial charge is 0.0670 e. The molecule has 3 nitrogen and oxygen atoms in total. The summed E-state index contributed by atoms with van der Waals surface area (Å²) >= 11 is 0. The molecule has 116 valence electrons. The molecule has 1 heterocycles. The lowest BCUT2D eigenvalue weighted by atomic mass is 9.99. The van der Waals surface area contributed by atoms with Gasteiger partial charge in [-0.2, -0.15) is 0 Å². The number of nitrogens with zero attached hydrogens (tertiary/aromatic N) is 1. The fourth-order valence-corrected chi connectivity index (χ4v) is 3.41. The summed E-state index contributed by atoms with van der Waals surface area (Å²) in [6.45, 7) is 5.50. The Labute approximate surface area is 128 Å². The van der Waals surface area contributed by atoms with Crippen LogP contribution < -0.4 is 5.32 Å². The van der Waals surface area contributed by atoms with Crippen LogP contribution in [0.4, 0.5) is 0 Å². The molecule has 1 aliphatic carbocycles.